The maximum Gasteiger partial charge on any atom is 0.133 e. The molecule has 0 fully saturated rings. The Hall–Kier alpha value is -0.710. The molecule has 1 atom stereocenters. The Morgan fingerprint density at radius 3 is 2.29 bits per heavy atom. The predicted molar refractivity (Wildman–Crippen MR) is 94.2 cm³/mol. The summed E-state index contributed by atoms with van der Waals surface area (Å²) in [5.74, 6) is 1.55. The quantitative estimate of drug-likeness (QED) is 0.557. The van der Waals surface area contributed by atoms with Crippen molar-refractivity contribution in [3.8, 4) is 11.5 Å². The van der Waals surface area contributed by atoms with Crippen LogP contribution >= 0.6 is 43.5 Å². The molecule has 0 saturated heterocycles. The molecule has 0 heterocycles. The summed E-state index contributed by atoms with van der Waals surface area (Å²) >= 11 is 13.3. The average molecular weight is 435 g/mol. The van der Waals surface area contributed by atoms with Crippen LogP contribution in [0.2, 0.25) is 5.02 Å². The number of halogens is 3. The molecule has 0 N–H and O–H groups in total. The summed E-state index contributed by atoms with van der Waals surface area (Å²) in [7, 11) is 3.30. The SMILES string of the molecule is COc1cc(C(Br)c2ccc(Cl)c(C)c2)c(OC)cc1Br. The zero-order valence-corrected chi connectivity index (χ0v) is 15.8. The van der Waals surface area contributed by atoms with Gasteiger partial charge in [0.2, 0.25) is 0 Å². The molecule has 0 saturated carbocycles. The maximum absolute atomic E-state index is 6.09. The zero-order chi connectivity index (χ0) is 15.6. The van der Waals surface area contributed by atoms with Crippen molar-refractivity contribution < 1.29 is 9.47 Å². The number of benzene rings is 2. The molecule has 112 valence electrons. The molecule has 2 nitrogen and oxygen atoms in total. The molecule has 0 aliphatic heterocycles. The summed E-state index contributed by atoms with van der Waals surface area (Å²) in [6, 6.07) is 9.85. The number of rotatable bonds is 4. The number of alkyl halides is 1. The number of aryl methyl sites for hydroxylation is 1. The van der Waals surface area contributed by atoms with E-state index in [2.05, 4.69) is 37.9 Å². The van der Waals surface area contributed by atoms with E-state index in [0.717, 1.165) is 37.7 Å². The first kappa shape index (κ1) is 16.7. The Labute approximate surface area is 146 Å². The van der Waals surface area contributed by atoms with Crippen LogP contribution in [0, 0.1) is 6.92 Å². The van der Waals surface area contributed by atoms with Crippen LogP contribution in [0.4, 0.5) is 0 Å². The van der Waals surface area contributed by atoms with E-state index in [1.54, 1.807) is 14.2 Å². The third-order valence-electron chi connectivity index (χ3n) is 3.25. The lowest BCUT2D eigenvalue weighted by atomic mass is 10.0. The van der Waals surface area contributed by atoms with Crippen LogP contribution in [0.15, 0.2) is 34.8 Å². The molecule has 1 unspecified atom stereocenters. The Morgan fingerprint density at radius 1 is 1.05 bits per heavy atom. The van der Waals surface area contributed by atoms with E-state index in [-0.39, 0.29) is 4.83 Å². The summed E-state index contributed by atoms with van der Waals surface area (Å²) in [4.78, 5) is -0.00887. The Kier molecular flexibility index (Phi) is 5.58. The highest BCUT2D eigenvalue weighted by Crippen LogP contribution is 2.42. The van der Waals surface area contributed by atoms with Gasteiger partial charge in [0.1, 0.15) is 11.5 Å². The van der Waals surface area contributed by atoms with Crippen molar-refractivity contribution in [2.45, 2.75) is 11.8 Å². The van der Waals surface area contributed by atoms with E-state index in [4.69, 9.17) is 21.1 Å². The summed E-state index contributed by atoms with van der Waals surface area (Å²) in [5, 5.41) is 0.763. The second-order valence-corrected chi connectivity index (χ2v) is 6.78. The molecule has 0 aromatic heterocycles. The highest BCUT2D eigenvalue weighted by Gasteiger charge is 2.18. The summed E-state index contributed by atoms with van der Waals surface area (Å²) in [6.45, 7) is 1.99. The molecule has 0 aliphatic rings. The fourth-order valence-electron chi connectivity index (χ4n) is 2.09. The minimum Gasteiger partial charge on any atom is -0.496 e. The zero-order valence-electron chi connectivity index (χ0n) is 11.9. The Balaban J connectivity index is 2.50. The highest BCUT2D eigenvalue weighted by atomic mass is 79.9. The van der Waals surface area contributed by atoms with Crippen molar-refractivity contribution in [3.63, 3.8) is 0 Å². The van der Waals surface area contributed by atoms with Gasteiger partial charge in [-0.3, -0.25) is 0 Å². The van der Waals surface area contributed by atoms with Crippen molar-refractivity contribution in [2.24, 2.45) is 0 Å². The van der Waals surface area contributed by atoms with E-state index in [1.165, 1.54) is 0 Å². The summed E-state index contributed by atoms with van der Waals surface area (Å²) in [6.07, 6.45) is 0. The third-order valence-corrected chi connectivity index (χ3v) is 5.32. The van der Waals surface area contributed by atoms with Crippen molar-refractivity contribution in [1.82, 2.24) is 0 Å². The highest BCUT2D eigenvalue weighted by molar-refractivity contribution is 9.10. The van der Waals surface area contributed by atoms with Crippen molar-refractivity contribution >= 4 is 43.5 Å². The topological polar surface area (TPSA) is 18.5 Å². The molecular weight excluding hydrogens is 419 g/mol. The standard InChI is InChI=1S/C16H15Br2ClO2/c1-9-6-10(4-5-13(9)19)16(18)11-7-15(21-3)12(17)8-14(11)20-2/h4-8,16H,1-3H3. The molecule has 0 amide bonds. The van der Waals surface area contributed by atoms with Gasteiger partial charge in [0.05, 0.1) is 23.5 Å². The molecule has 0 bridgehead atoms. The second-order valence-electron chi connectivity index (χ2n) is 4.60. The maximum atomic E-state index is 6.09. The van der Waals surface area contributed by atoms with E-state index >= 15 is 0 Å². The van der Waals surface area contributed by atoms with Gasteiger partial charge in [0.15, 0.2) is 0 Å². The lowest BCUT2D eigenvalue weighted by Gasteiger charge is -2.17. The normalized spacial score (nSPS) is 12.1. The first-order valence-electron chi connectivity index (χ1n) is 6.29. The van der Waals surface area contributed by atoms with Gasteiger partial charge in [0.25, 0.3) is 0 Å². The predicted octanol–water partition coefficient (Wildman–Crippen LogP) is 5.91. The molecule has 5 heteroatoms. The van der Waals surface area contributed by atoms with Gasteiger partial charge in [-0.05, 0) is 52.2 Å². The van der Waals surface area contributed by atoms with Crippen LogP contribution in [-0.4, -0.2) is 14.2 Å². The van der Waals surface area contributed by atoms with Crippen molar-refractivity contribution in [2.75, 3.05) is 14.2 Å². The number of hydrogen-bond donors (Lipinski definition) is 0. The Morgan fingerprint density at radius 2 is 1.71 bits per heavy atom. The molecule has 0 aliphatic carbocycles. The van der Waals surface area contributed by atoms with Gasteiger partial charge >= 0.3 is 0 Å². The summed E-state index contributed by atoms with van der Waals surface area (Å²) in [5.41, 5.74) is 3.15. The molecule has 0 radical (unpaired) electrons. The fourth-order valence-corrected chi connectivity index (χ4v) is 3.33. The molecule has 2 rings (SSSR count). The van der Waals surface area contributed by atoms with E-state index in [0.29, 0.717) is 0 Å². The van der Waals surface area contributed by atoms with Gasteiger partial charge < -0.3 is 9.47 Å². The van der Waals surface area contributed by atoms with Crippen molar-refractivity contribution in [3.05, 3.63) is 56.5 Å². The van der Waals surface area contributed by atoms with Crippen LogP contribution in [0.5, 0.6) is 11.5 Å². The molecule has 0 spiro atoms. The lowest BCUT2D eigenvalue weighted by Crippen LogP contribution is -1.99. The Bertz CT molecular complexity index is 659. The van der Waals surface area contributed by atoms with Crippen LogP contribution in [-0.2, 0) is 0 Å². The average Bonchev–Trinajstić information content (AvgIpc) is 2.49. The van der Waals surface area contributed by atoms with Gasteiger partial charge in [-0.2, -0.15) is 0 Å². The lowest BCUT2D eigenvalue weighted by molar-refractivity contribution is 0.397. The molecule has 21 heavy (non-hydrogen) atoms. The van der Waals surface area contributed by atoms with E-state index in [9.17, 15) is 0 Å². The molecule has 2 aromatic carbocycles. The van der Waals surface area contributed by atoms with Gasteiger partial charge in [-0.25, -0.2) is 0 Å². The van der Waals surface area contributed by atoms with Crippen LogP contribution in [0.1, 0.15) is 21.5 Å². The van der Waals surface area contributed by atoms with Gasteiger partial charge in [0, 0.05) is 10.6 Å². The van der Waals surface area contributed by atoms with Crippen molar-refractivity contribution in [1.29, 1.82) is 0 Å². The van der Waals surface area contributed by atoms with Crippen LogP contribution in [0.3, 0.4) is 0 Å². The summed E-state index contributed by atoms with van der Waals surface area (Å²) < 4.78 is 11.7. The van der Waals surface area contributed by atoms with Crippen LogP contribution in [0.25, 0.3) is 0 Å². The fraction of sp³-hybridized carbons (Fsp3) is 0.250. The van der Waals surface area contributed by atoms with Gasteiger partial charge in [-0.15, -0.1) is 0 Å². The molecule has 2 aromatic rings. The number of methoxy groups -OCH3 is 2. The van der Waals surface area contributed by atoms with E-state index < -0.39 is 0 Å². The van der Waals surface area contributed by atoms with Crippen LogP contribution < -0.4 is 9.47 Å². The first-order chi connectivity index (χ1) is 9.97. The number of ether oxygens (including phenoxy) is 2. The minimum atomic E-state index is -0.00887. The largest absolute Gasteiger partial charge is 0.496 e. The smallest absolute Gasteiger partial charge is 0.133 e. The second kappa shape index (κ2) is 7.03. The molecular formula is C16H15Br2ClO2. The van der Waals surface area contributed by atoms with Gasteiger partial charge in [-0.1, -0.05) is 39.7 Å². The monoisotopic (exact) mass is 432 g/mol. The minimum absolute atomic E-state index is 0.00887. The van der Waals surface area contributed by atoms with E-state index in [1.807, 2.05) is 31.2 Å². The third kappa shape index (κ3) is 3.55. The number of hydrogen-bond acceptors (Lipinski definition) is 2. The first-order valence-corrected chi connectivity index (χ1v) is 8.38.